The molecule has 0 unspecified atom stereocenters. The van der Waals surface area contributed by atoms with E-state index in [1.54, 1.807) is 0 Å². The van der Waals surface area contributed by atoms with Gasteiger partial charge in [0.15, 0.2) is 0 Å². The molecule has 14 heavy (non-hydrogen) atoms. The molecule has 1 aliphatic rings. The van der Waals surface area contributed by atoms with Crippen LogP contribution in [0, 0.1) is 0 Å². The number of nitrogens with zero attached hydrogens (tertiary/aromatic N) is 1. The summed E-state index contributed by atoms with van der Waals surface area (Å²) in [5, 5.41) is 9.86. The lowest BCUT2D eigenvalue weighted by molar-refractivity contribution is 0.0663. The predicted octanol–water partition coefficient (Wildman–Crippen LogP) is 0.363. The number of aliphatic hydroxyl groups is 1. The molecule has 3 heteroatoms. The van der Waals surface area contributed by atoms with Crippen LogP contribution in [0.1, 0.15) is 11.7 Å². The summed E-state index contributed by atoms with van der Waals surface area (Å²) in [6.07, 6.45) is -0.385. The number of aliphatic hydroxyl groups excluding tert-OH is 1. The fourth-order valence-corrected chi connectivity index (χ4v) is 1.78. The van der Waals surface area contributed by atoms with Gasteiger partial charge in [-0.2, -0.15) is 0 Å². The van der Waals surface area contributed by atoms with E-state index in [0.29, 0.717) is 12.6 Å². The van der Waals surface area contributed by atoms with Crippen molar-refractivity contribution in [3.8, 4) is 0 Å². The minimum absolute atomic E-state index is 0.304. The molecule has 76 valence electrons. The maximum atomic E-state index is 9.86. The van der Waals surface area contributed by atoms with E-state index in [2.05, 4.69) is 4.90 Å². The van der Waals surface area contributed by atoms with Crippen molar-refractivity contribution in [1.29, 1.82) is 0 Å². The first-order valence-electron chi connectivity index (χ1n) is 4.96. The van der Waals surface area contributed by atoms with Gasteiger partial charge >= 0.3 is 0 Å². The van der Waals surface area contributed by atoms with Crippen LogP contribution in [0.5, 0.6) is 0 Å². The maximum Gasteiger partial charge on any atom is 0.0916 e. The van der Waals surface area contributed by atoms with E-state index < -0.39 is 0 Å². The first-order valence-corrected chi connectivity index (χ1v) is 4.96. The monoisotopic (exact) mass is 192 g/mol. The molecule has 1 atom stereocenters. The molecular weight excluding hydrogens is 176 g/mol. The summed E-state index contributed by atoms with van der Waals surface area (Å²) in [7, 11) is 0. The van der Waals surface area contributed by atoms with Gasteiger partial charge in [-0.05, 0) is 5.56 Å². The third-order valence-corrected chi connectivity index (χ3v) is 2.60. The lowest BCUT2D eigenvalue weighted by Gasteiger charge is -2.38. The highest BCUT2D eigenvalue weighted by Crippen LogP contribution is 2.16. The van der Waals surface area contributed by atoms with Crippen molar-refractivity contribution >= 4 is 0 Å². The number of β-amino-alcohol motifs (C(OH)–C–C–N with tert-alkyl or cyclic N) is 1. The van der Waals surface area contributed by atoms with Gasteiger partial charge in [0.2, 0.25) is 0 Å². The molecule has 0 spiro atoms. The molecule has 0 amide bonds. The molecule has 0 saturated carbocycles. The second-order valence-corrected chi connectivity index (χ2v) is 3.91. The average Bonchev–Trinajstić information content (AvgIpc) is 2.17. The highest BCUT2D eigenvalue weighted by atomic mass is 16.3. The van der Waals surface area contributed by atoms with Crippen molar-refractivity contribution in [3.05, 3.63) is 35.9 Å². The van der Waals surface area contributed by atoms with Crippen LogP contribution < -0.4 is 5.73 Å². The number of benzene rings is 1. The van der Waals surface area contributed by atoms with Crippen LogP contribution in [-0.4, -0.2) is 35.7 Å². The molecular formula is C11H16N2O. The Morgan fingerprint density at radius 1 is 1.36 bits per heavy atom. The summed E-state index contributed by atoms with van der Waals surface area (Å²) in [5.41, 5.74) is 6.64. The van der Waals surface area contributed by atoms with E-state index in [4.69, 9.17) is 5.73 Å². The molecule has 1 aromatic rings. The second kappa shape index (κ2) is 4.09. The molecule has 1 aromatic carbocycles. The quantitative estimate of drug-likeness (QED) is 0.727. The zero-order valence-corrected chi connectivity index (χ0v) is 8.13. The SMILES string of the molecule is NC1CN(C[C@@H](O)c2ccccc2)C1. The van der Waals surface area contributed by atoms with Crippen molar-refractivity contribution in [1.82, 2.24) is 4.90 Å². The molecule has 0 radical (unpaired) electrons. The summed E-state index contributed by atoms with van der Waals surface area (Å²) >= 11 is 0. The number of rotatable bonds is 3. The van der Waals surface area contributed by atoms with Crippen LogP contribution in [0.25, 0.3) is 0 Å². The van der Waals surface area contributed by atoms with Crippen molar-refractivity contribution < 1.29 is 5.11 Å². The van der Waals surface area contributed by atoms with Gasteiger partial charge in [-0.25, -0.2) is 0 Å². The Balaban J connectivity index is 1.87. The third kappa shape index (κ3) is 2.12. The lowest BCUT2D eigenvalue weighted by Crippen LogP contribution is -2.56. The van der Waals surface area contributed by atoms with Crippen molar-refractivity contribution in [2.24, 2.45) is 5.73 Å². The van der Waals surface area contributed by atoms with Crippen LogP contribution in [0.3, 0.4) is 0 Å². The average molecular weight is 192 g/mol. The topological polar surface area (TPSA) is 49.5 Å². The van der Waals surface area contributed by atoms with Crippen molar-refractivity contribution in [3.63, 3.8) is 0 Å². The highest BCUT2D eigenvalue weighted by molar-refractivity contribution is 5.17. The van der Waals surface area contributed by atoms with E-state index in [1.165, 1.54) is 0 Å². The maximum absolute atomic E-state index is 9.86. The van der Waals surface area contributed by atoms with Gasteiger partial charge in [0.25, 0.3) is 0 Å². The van der Waals surface area contributed by atoms with Gasteiger partial charge < -0.3 is 10.8 Å². The summed E-state index contributed by atoms with van der Waals surface area (Å²) in [4.78, 5) is 2.17. The Bertz CT molecular complexity index is 283. The Morgan fingerprint density at radius 2 is 2.00 bits per heavy atom. The number of hydrogen-bond acceptors (Lipinski definition) is 3. The fraction of sp³-hybridized carbons (Fsp3) is 0.455. The number of likely N-dealkylation sites (tertiary alicyclic amines) is 1. The van der Waals surface area contributed by atoms with Crippen LogP contribution in [0.4, 0.5) is 0 Å². The first kappa shape index (κ1) is 9.65. The van der Waals surface area contributed by atoms with Crippen LogP contribution in [0.15, 0.2) is 30.3 Å². The zero-order valence-electron chi connectivity index (χ0n) is 8.13. The molecule has 3 N–H and O–H groups in total. The van der Waals surface area contributed by atoms with Gasteiger partial charge in [-0.3, -0.25) is 4.90 Å². The van der Waals surface area contributed by atoms with E-state index in [-0.39, 0.29) is 6.10 Å². The minimum Gasteiger partial charge on any atom is -0.387 e. The van der Waals surface area contributed by atoms with E-state index in [1.807, 2.05) is 30.3 Å². The van der Waals surface area contributed by atoms with E-state index >= 15 is 0 Å². The number of nitrogens with two attached hydrogens (primary N) is 1. The molecule has 2 rings (SSSR count). The molecule has 0 aliphatic carbocycles. The standard InChI is InChI=1S/C11H16N2O/c12-10-6-13(7-10)8-11(14)9-4-2-1-3-5-9/h1-5,10-11,14H,6-8,12H2/t11-/m1/s1. The van der Waals surface area contributed by atoms with E-state index in [9.17, 15) is 5.11 Å². The molecule has 1 saturated heterocycles. The van der Waals surface area contributed by atoms with Crippen LogP contribution in [-0.2, 0) is 0 Å². The first-order chi connectivity index (χ1) is 6.75. The summed E-state index contributed by atoms with van der Waals surface area (Å²) in [6.45, 7) is 2.51. The van der Waals surface area contributed by atoms with Crippen LogP contribution >= 0.6 is 0 Å². The van der Waals surface area contributed by atoms with Gasteiger partial charge in [-0.15, -0.1) is 0 Å². The summed E-state index contributed by atoms with van der Waals surface area (Å²) < 4.78 is 0. The molecule has 1 aliphatic heterocycles. The molecule has 0 bridgehead atoms. The normalized spacial score (nSPS) is 20.4. The van der Waals surface area contributed by atoms with Crippen molar-refractivity contribution in [2.75, 3.05) is 19.6 Å². The van der Waals surface area contributed by atoms with Crippen LogP contribution in [0.2, 0.25) is 0 Å². The Hall–Kier alpha value is -0.900. The minimum atomic E-state index is -0.385. The zero-order chi connectivity index (χ0) is 9.97. The molecule has 1 fully saturated rings. The van der Waals surface area contributed by atoms with Crippen molar-refractivity contribution in [2.45, 2.75) is 12.1 Å². The molecule has 3 nitrogen and oxygen atoms in total. The Morgan fingerprint density at radius 3 is 2.57 bits per heavy atom. The second-order valence-electron chi connectivity index (χ2n) is 3.91. The van der Waals surface area contributed by atoms with Gasteiger partial charge in [0.1, 0.15) is 0 Å². The smallest absolute Gasteiger partial charge is 0.0916 e. The predicted molar refractivity (Wildman–Crippen MR) is 55.8 cm³/mol. The van der Waals surface area contributed by atoms with Gasteiger partial charge in [0, 0.05) is 25.7 Å². The van der Waals surface area contributed by atoms with Gasteiger partial charge in [0.05, 0.1) is 6.10 Å². The highest BCUT2D eigenvalue weighted by Gasteiger charge is 2.24. The lowest BCUT2D eigenvalue weighted by atomic mass is 10.1. The van der Waals surface area contributed by atoms with Gasteiger partial charge in [-0.1, -0.05) is 30.3 Å². The fourth-order valence-electron chi connectivity index (χ4n) is 1.78. The number of hydrogen-bond donors (Lipinski definition) is 2. The largest absolute Gasteiger partial charge is 0.387 e. The van der Waals surface area contributed by atoms with E-state index in [0.717, 1.165) is 18.7 Å². The Kier molecular flexibility index (Phi) is 2.82. The summed E-state index contributed by atoms with van der Waals surface area (Å²) in [5.74, 6) is 0. The Labute approximate surface area is 84.1 Å². The molecule has 0 aromatic heterocycles. The third-order valence-electron chi connectivity index (χ3n) is 2.60. The molecule has 1 heterocycles. The summed E-state index contributed by atoms with van der Waals surface area (Å²) in [6, 6.07) is 10.0.